The maximum Gasteiger partial charge on any atom is 0.338 e. The molecule has 2 aromatic rings. The molecule has 9 nitrogen and oxygen atoms in total. The van der Waals surface area contributed by atoms with E-state index in [9.17, 15) is 24.4 Å². The zero-order valence-corrected chi connectivity index (χ0v) is 20.2. The predicted octanol–water partition coefficient (Wildman–Crippen LogP) is 3.32. The van der Waals surface area contributed by atoms with Crippen molar-refractivity contribution >= 4 is 40.0 Å². The maximum absolute atomic E-state index is 12.6. The number of nitrogens with one attached hydrogen (secondary N) is 1. The highest BCUT2D eigenvalue weighted by atomic mass is 32.1. The summed E-state index contributed by atoms with van der Waals surface area (Å²) in [5.41, 5.74) is 1.92. The number of aryl methyl sites for hydroxylation is 1. The summed E-state index contributed by atoms with van der Waals surface area (Å²) in [6.45, 7) is 0.0906. The number of carbonyl (C=O) groups excluding carboxylic acids is 4. The lowest BCUT2D eigenvalue weighted by Gasteiger charge is -2.12. The van der Waals surface area contributed by atoms with Gasteiger partial charge in [0.1, 0.15) is 11.1 Å². The van der Waals surface area contributed by atoms with Crippen molar-refractivity contribution in [2.24, 2.45) is 0 Å². The number of nitriles is 1. The van der Waals surface area contributed by atoms with Gasteiger partial charge < -0.3 is 14.8 Å². The van der Waals surface area contributed by atoms with Gasteiger partial charge in [-0.15, -0.1) is 11.3 Å². The van der Waals surface area contributed by atoms with E-state index in [0.717, 1.165) is 47.4 Å². The fourth-order valence-corrected chi connectivity index (χ4v) is 5.57. The number of carbonyl (C=O) groups is 4. The average Bonchev–Trinajstić information content (AvgIpc) is 3.18. The molecule has 182 valence electrons. The van der Waals surface area contributed by atoms with Crippen LogP contribution in [0.25, 0.3) is 0 Å². The van der Waals surface area contributed by atoms with Crippen molar-refractivity contribution in [3.8, 4) is 6.07 Å². The van der Waals surface area contributed by atoms with Gasteiger partial charge in [0.15, 0.2) is 6.61 Å². The van der Waals surface area contributed by atoms with Crippen LogP contribution in [0.1, 0.15) is 72.8 Å². The van der Waals surface area contributed by atoms with Gasteiger partial charge in [0, 0.05) is 25.1 Å². The zero-order chi connectivity index (χ0) is 24.9. The SMILES string of the molecule is COCCCN1C(=O)c2ccc(C(=O)OCC(=O)Nc3sc4c(c3C#N)CCCCC4)cc2C1=O. The predicted molar refractivity (Wildman–Crippen MR) is 128 cm³/mol. The minimum Gasteiger partial charge on any atom is -0.452 e. The first kappa shape index (κ1) is 24.6. The summed E-state index contributed by atoms with van der Waals surface area (Å²) >= 11 is 1.40. The van der Waals surface area contributed by atoms with Gasteiger partial charge >= 0.3 is 5.97 Å². The summed E-state index contributed by atoms with van der Waals surface area (Å²) in [5, 5.41) is 12.8. The Balaban J connectivity index is 1.38. The Kier molecular flexibility index (Phi) is 7.58. The first-order chi connectivity index (χ1) is 16.9. The topological polar surface area (TPSA) is 126 Å². The van der Waals surface area contributed by atoms with Crippen molar-refractivity contribution in [3.05, 3.63) is 50.9 Å². The molecule has 0 saturated heterocycles. The normalized spacial score (nSPS) is 14.7. The summed E-state index contributed by atoms with van der Waals surface area (Å²) < 4.78 is 10.1. The number of benzene rings is 1. The van der Waals surface area contributed by atoms with Crippen LogP contribution in [0.2, 0.25) is 0 Å². The highest BCUT2D eigenvalue weighted by molar-refractivity contribution is 7.16. The summed E-state index contributed by atoms with van der Waals surface area (Å²) in [4.78, 5) is 52.3. The van der Waals surface area contributed by atoms with E-state index >= 15 is 0 Å². The van der Waals surface area contributed by atoms with Gasteiger partial charge in [-0.2, -0.15) is 5.26 Å². The average molecular weight is 496 g/mol. The number of rotatable bonds is 8. The van der Waals surface area contributed by atoms with E-state index in [0.29, 0.717) is 23.6 Å². The number of hydrogen-bond donors (Lipinski definition) is 1. The van der Waals surface area contributed by atoms with Crippen LogP contribution in [-0.2, 0) is 27.1 Å². The van der Waals surface area contributed by atoms with Crippen molar-refractivity contribution in [3.63, 3.8) is 0 Å². The Morgan fingerprint density at radius 3 is 2.69 bits per heavy atom. The summed E-state index contributed by atoms with van der Waals surface area (Å²) in [7, 11) is 1.54. The van der Waals surface area contributed by atoms with Gasteiger partial charge in [-0.1, -0.05) is 6.42 Å². The molecule has 0 fully saturated rings. The van der Waals surface area contributed by atoms with Gasteiger partial charge in [0.05, 0.1) is 22.3 Å². The molecule has 2 aliphatic rings. The Labute approximate surface area is 206 Å². The fourth-order valence-electron chi connectivity index (χ4n) is 4.31. The minimum absolute atomic E-state index is 0.0667. The van der Waals surface area contributed by atoms with Crippen LogP contribution in [0, 0.1) is 11.3 Å². The third kappa shape index (κ3) is 5.11. The van der Waals surface area contributed by atoms with Crippen LogP contribution in [0.4, 0.5) is 5.00 Å². The molecule has 1 N–H and O–H groups in total. The number of nitrogens with zero attached hydrogens (tertiary/aromatic N) is 2. The molecule has 35 heavy (non-hydrogen) atoms. The number of esters is 1. The molecule has 0 radical (unpaired) electrons. The van der Waals surface area contributed by atoms with E-state index < -0.39 is 30.3 Å². The number of ether oxygens (including phenoxy) is 2. The Bertz CT molecular complexity index is 1230. The first-order valence-corrected chi connectivity index (χ1v) is 12.3. The van der Waals surface area contributed by atoms with Gasteiger partial charge in [-0.25, -0.2) is 4.79 Å². The Morgan fingerprint density at radius 2 is 1.91 bits per heavy atom. The molecule has 1 aliphatic heterocycles. The molecule has 0 saturated carbocycles. The van der Waals surface area contributed by atoms with E-state index in [1.54, 1.807) is 0 Å². The van der Waals surface area contributed by atoms with Crippen LogP contribution in [0.15, 0.2) is 18.2 Å². The fraction of sp³-hybridized carbons (Fsp3) is 0.400. The molecule has 1 aromatic carbocycles. The van der Waals surface area contributed by atoms with E-state index in [-0.39, 0.29) is 23.2 Å². The van der Waals surface area contributed by atoms with Crippen molar-refractivity contribution in [2.75, 3.05) is 32.2 Å². The molecule has 0 spiro atoms. The Hall–Kier alpha value is -3.55. The van der Waals surface area contributed by atoms with Crippen molar-refractivity contribution in [1.29, 1.82) is 5.26 Å². The van der Waals surface area contributed by atoms with Gasteiger partial charge in [0.2, 0.25) is 0 Å². The number of imide groups is 1. The number of methoxy groups -OCH3 is 1. The molecule has 4 rings (SSSR count). The molecule has 2 heterocycles. The van der Waals surface area contributed by atoms with Crippen molar-refractivity contribution in [2.45, 2.75) is 38.5 Å². The molecular formula is C25H25N3O6S. The van der Waals surface area contributed by atoms with Gasteiger partial charge in [0.25, 0.3) is 17.7 Å². The number of hydrogen-bond acceptors (Lipinski definition) is 8. The standard InChI is InChI=1S/C25H25N3O6S/c1-33-11-5-10-28-23(30)17-9-8-15(12-18(17)24(28)31)25(32)34-14-21(29)27-22-19(13-26)16-6-3-2-4-7-20(16)35-22/h8-9,12H,2-7,10-11,14H2,1H3,(H,27,29). The lowest BCUT2D eigenvalue weighted by Crippen LogP contribution is -2.31. The van der Waals surface area contributed by atoms with E-state index in [1.807, 2.05) is 0 Å². The number of thiophene rings is 1. The maximum atomic E-state index is 12.6. The van der Waals surface area contributed by atoms with E-state index in [1.165, 1.54) is 36.6 Å². The van der Waals surface area contributed by atoms with Gasteiger partial charge in [-0.3, -0.25) is 19.3 Å². The van der Waals surface area contributed by atoms with Crippen molar-refractivity contribution < 1.29 is 28.7 Å². The lowest BCUT2D eigenvalue weighted by molar-refractivity contribution is -0.119. The zero-order valence-electron chi connectivity index (χ0n) is 19.3. The smallest absolute Gasteiger partial charge is 0.338 e. The van der Waals surface area contributed by atoms with Crippen LogP contribution in [0.3, 0.4) is 0 Å². The van der Waals surface area contributed by atoms with Crippen LogP contribution < -0.4 is 5.32 Å². The first-order valence-electron chi connectivity index (χ1n) is 11.5. The Morgan fingerprint density at radius 1 is 1.14 bits per heavy atom. The molecular weight excluding hydrogens is 470 g/mol. The van der Waals surface area contributed by atoms with Crippen molar-refractivity contribution in [1.82, 2.24) is 4.90 Å². The number of anilines is 1. The third-order valence-electron chi connectivity index (χ3n) is 6.06. The largest absolute Gasteiger partial charge is 0.452 e. The third-order valence-corrected chi connectivity index (χ3v) is 7.26. The van der Waals surface area contributed by atoms with Crippen LogP contribution in [-0.4, -0.2) is 55.5 Å². The second-order valence-corrected chi connectivity index (χ2v) is 9.48. The summed E-state index contributed by atoms with van der Waals surface area (Å²) in [6, 6.07) is 6.32. The molecule has 0 unspecified atom stereocenters. The minimum atomic E-state index is -0.788. The quantitative estimate of drug-likeness (QED) is 0.258. The van der Waals surface area contributed by atoms with E-state index in [4.69, 9.17) is 9.47 Å². The number of amides is 3. The summed E-state index contributed by atoms with van der Waals surface area (Å²) in [6.07, 6.45) is 5.42. The van der Waals surface area contributed by atoms with Crippen LogP contribution >= 0.6 is 11.3 Å². The molecule has 3 amide bonds. The number of fused-ring (bicyclic) bond motifs is 2. The molecule has 1 aliphatic carbocycles. The second-order valence-electron chi connectivity index (χ2n) is 8.37. The van der Waals surface area contributed by atoms with E-state index in [2.05, 4.69) is 11.4 Å². The molecule has 1 aromatic heterocycles. The molecule has 0 atom stereocenters. The molecule has 10 heteroatoms. The van der Waals surface area contributed by atoms with Crippen LogP contribution in [0.5, 0.6) is 0 Å². The monoisotopic (exact) mass is 495 g/mol. The highest BCUT2D eigenvalue weighted by Gasteiger charge is 2.35. The van der Waals surface area contributed by atoms with Gasteiger partial charge in [-0.05, 0) is 55.9 Å². The highest BCUT2D eigenvalue weighted by Crippen LogP contribution is 2.37. The lowest BCUT2D eigenvalue weighted by atomic mass is 10.1. The summed E-state index contributed by atoms with van der Waals surface area (Å²) in [5.74, 6) is -2.23. The second kappa shape index (κ2) is 10.8. The molecule has 0 bridgehead atoms.